The minimum Gasteiger partial charge on any atom is -0.313 e. The van der Waals surface area contributed by atoms with Gasteiger partial charge in [-0.2, -0.15) is 0 Å². The number of hydrogen-bond acceptors (Lipinski definition) is 0. The Morgan fingerprint density at radius 2 is 0.648 bits per heavy atom. The van der Waals surface area contributed by atoms with Crippen LogP contribution in [0.1, 0.15) is 23.6 Å². The van der Waals surface area contributed by atoms with Crippen LogP contribution in [-0.4, -0.2) is 18.3 Å². The minimum atomic E-state index is 0.524. The molecule has 14 aromatic rings. The van der Waals surface area contributed by atoms with Crippen LogP contribution in [-0.2, 0) is 0 Å². The Kier molecular flexibility index (Phi) is 8.03. The Hall–Kier alpha value is -9.12. The van der Waals surface area contributed by atoms with Crippen LogP contribution in [0.2, 0.25) is 0 Å². The van der Waals surface area contributed by atoms with E-state index in [1.807, 2.05) is 0 Å². The van der Waals surface area contributed by atoms with E-state index >= 15 is 0 Å². The van der Waals surface area contributed by atoms with Crippen LogP contribution < -0.4 is 0 Å². The molecular formula is C67H44N4. The van der Waals surface area contributed by atoms with Crippen LogP contribution in [0.4, 0.5) is 0 Å². The van der Waals surface area contributed by atoms with Gasteiger partial charge in [0, 0.05) is 77.6 Å². The highest BCUT2D eigenvalue weighted by atomic mass is 15.0. The lowest BCUT2D eigenvalue weighted by Crippen LogP contribution is -2.03. The summed E-state index contributed by atoms with van der Waals surface area (Å²) in [5.41, 5.74) is 20.9. The Bertz CT molecular complexity index is 4560. The van der Waals surface area contributed by atoms with Gasteiger partial charge in [0.15, 0.2) is 0 Å². The molecule has 4 aromatic heterocycles. The normalized spacial score (nSPS) is 15.2. The average Bonchev–Trinajstić information content (AvgIpc) is 3.73. The first-order chi connectivity index (χ1) is 35.2. The molecular weight excluding hydrogens is 861 g/mol. The molecule has 0 spiro atoms. The molecule has 4 heterocycles. The highest BCUT2D eigenvalue weighted by Crippen LogP contribution is 2.56. The highest BCUT2D eigenvalue weighted by Gasteiger charge is 2.43. The van der Waals surface area contributed by atoms with Crippen molar-refractivity contribution in [3.63, 3.8) is 0 Å². The summed E-state index contributed by atoms with van der Waals surface area (Å²) in [6.45, 7) is 0. The maximum Gasteiger partial charge on any atom is 0.0541 e. The number of nitrogens with zero attached hydrogens (tertiary/aromatic N) is 4. The number of rotatable bonds is 6. The fourth-order valence-corrected chi connectivity index (χ4v) is 12.5. The minimum absolute atomic E-state index is 0.524. The number of hydrogen-bond donors (Lipinski definition) is 0. The lowest BCUT2D eigenvalue weighted by atomic mass is 9.98. The highest BCUT2D eigenvalue weighted by molar-refractivity contribution is 6.14. The van der Waals surface area contributed by atoms with Gasteiger partial charge in [0.25, 0.3) is 0 Å². The number of allylic oxidation sites excluding steroid dienone is 1. The molecule has 16 rings (SSSR count). The third-order valence-corrected chi connectivity index (χ3v) is 15.8. The smallest absolute Gasteiger partial charge is 0.0541 e. The van der Waals surface area contributed by atoms with E-state index in [2.05, 4.69) is 261 Å². The van der Waals surface area contributed by atoms with Gasteiger partial charge in [-0.3, -0.25) is 0 Å². The van der Waals surface area contributed by atoms with Crippen molar-refractivity contribution in [2.24, 2.45) is 5.92 Å². The lowest BCUT2D eigenvalue weighted by molar-refractivity contribution is 0.895. The predicted octanol–water partition coefficient (Wildman–Crippen LogP) is 17.4. The maximum atomic E-state index is 2.58. The third kappa shape index (κ3) is 5.67. The van der Waals surface area contributed by atoms with E-state index in [-0.39, 0.29) is 0 Å². The second kappa shape index (κ2) is 14.7. The van der Waals surface area contributed by atoms with Crippen LogP contribution in [0, 0.1) is 5.92 Å². The Morgan fingerprint density at radius 1 is 0.282 bits per heavy atom. The number of para-hydroxylation sites is 5. The Morgan fingerprint density at radius 3 is 1.13 bits per heavy atom. The van der Waals surface area contributed by atoms with E-state index in [9.17, 15) is 0 Å². The molecule has 4 heteroatoms. The average molecular weight is 905 g/mol. The first-order valence-electron chi connectivity index (χ1n) is 24.9. The zero-order chi connectivity index (χ0) is 46.3. The van der Waals surface area contributed by atoms with Gasteiger partial charge in [0.2, 0.25) is 0 Å². The second-order valence-electron chi connectivity index (χ2n) is 19.7. The number of fused-ring (bicyclic) bond motifs is 14. The fourth-order valence-electron chi connectivity index (χ4n) is 12.5. The summed E-state index contributed by atoms with van der Waals surface area (Å²) in [7, 11) is 0. The fraction of sp³-hybridized carbons (Fsp3) is 0.0448. The van der Waals surface area contributed by atoms with E-state index in [4.69, 9.17) is 0 Å². The molecule has 2 aliphatic rings. The van der Waals surface area contributed by atoms with Crippen molar-refractivity contribution in [1.82, 2.24) is 18.3 Å². The zero-order valence-electron chi connectivity index (χ0n) is 38.7. The third-order valence-electron chi connectivity index (χ3n) is 15.8. The van der Waals surface area contributed by atoms with E-state index in [1.165, 1.54) is 133 Å². The van der Waals surface area contributed by atoms with E-state index < -0.39 is 0 Å². The summed E-state index contributed by atoms with van der Waals surface area (Å²) < 4.78 is 9.83. The van der Waals surface area contributed by atoms with Crippen molar-refractivity contribution >= 4 is 82.4 Å². The standard InChI is InChI=1S/C67H44N4/c1-3-14-47(15-4-1)68-60-23-10-7-20-51(60)56-36-42(27-32-63(56)68)43-29-34-65-58(38-43)53-22-9-12-25-62(53)70(65)49-18-13-19-50(41-49)71-66-35-30-45(39-59(66)54-31-26-46-40-55(46)67(54)71)44-28-33-64-57(37-44)52-21-8-11-24-61(52)69(64)48-16-5-2-6-17-48/h1-39,41,46,55H,40H2. The molecule has 2 aliphatic carbocycles. The molecule has 1 fully saturated rings. The first kappa shape index (κ1) is 38.8. The Labute approximate surface area is 409 Å². The molecule has 1 saturated carbocycles. The first-order valence-corrected chi connectivity index (χ1v) is 24.9. The van der Waals surface area contributed by atoms with Crippen molar-refractivity contribution in [2.45, 2.75) is 12.3 Å². The molecule has 0 amide bonds. The van der Waals surface area contributed by atoms with Gasteiger partial charge >= 0.3 is 0 Å². The van der Waals surface area contributed by atoms with Crippen LogP contribution in [0.5, 0.6) is 0 Å². The van der Waals surface area contributed by atoms with Crippen molar-refractivity contribution < 1.29 is 0 Å². The van der Waals surface area contributed by atoms with Crippen LogP contribution >= 0.6 is 0 Å². The number of benzene rings is 10. The van der Waals surface area contributed by atoms with Crippen molar-refractivity contribution in [1.29, 1.82) is 0 Å². The van der Waals surface area contributed by atoms with E-state index in [1.54, 1.807) is 0 Å². The molecule has 0 radical (unpaired) electrons. The SMILES string of the molecule is C1=CC2CC2c2c1c1cc(-c3ccc4c(c3)c3ccccc3n4-c3ccccc3)ccc1n2-c1cccc(-n2c3ccccc3c3cc(-c4ccc5c(c4)c4ccccc4n5-c4ccccc4)ccc32)c1. The molecule has 0 bridgehead atoms. The molecule has 71 heavy (non-hydrogen) atoms. The summed E-state index contributed by atoms with van der Waals surface area (Å²) in [5, 5.41) is 8.87. The zero-order valence-corrected chi connectivity index (χ0v) is 38.7. The molecule has 2 unspecified atom stereocenters. The summed E-state index contributed by atoms with van der Waals surface area (Å²) >= 11 is 0. The van der Waals surface area contributed by atoms with E-state index in [0.29, 0.717) is 11.8 Å². The maximum absolute atomic E-state index is 2.58. The molecule has 0 N–H and O–H groups in total. The molecule has 332 valence electrons. The second-order valence-corrected chi connectivity index (χ2v) is 19.7. The Balaban J connectivity index is 0.817. The van der Waals surface area contributed by atoms with Crippen LogP contribution in [0.25, 0.3) is 127 Å². The molecule has 2 atom stereocenters. The molecule has 4 nitrogen and oxygen atoms in total. The van der Waals surface area contributed by atoms with Gasteiger partial charge in [0.1, 0.15) is 0 Å². The van der Waals surface area contributed by atoms with Gasteiger partial charge < -0.3 is 18.3 Å². The summed E-state index contributed by atoms with van der Waals surface area (Å²) in [5.74, 6) is 1.13. The van der Waals surface area contributed by atoms with Crippen molar-refractivity contribution in [3.8, 4) is 45.0 Å². The van der Waals surface area contributed by atoms with Crippen molar-refractivity contribution in [3.05, 3.63) is 248 Å². The van der Waals surface area contributed by atoms with Crippen molar-refractivity contribution in [2.75, 3.05) is 0 Å². The summed E-state index contributed by atoms with van der Waals surface area (Å²) in [6, 6.07) is 85.3. The lowest BCUT2D eigenvalue weighted by Gasteiger charge is -2.16. The van der Waals surface area contributed by atoms with Gasteiger partial charge in [-0.05, 0) is 144 Å². The quantitative estimate of drug-likeness (QED) is 0.158. The topological polar surface area (TPSA) is 19.7 Å². The molecule has 0 saturated heterocycles. The predicted molar refractivity (Wildman–Crippen MR) is 297 cm³/mol. The molecule has 0 aliphatic heterocycles. The van der Waals surface area contributed by atoms with Crippen LogP contribution in [0.3, 0.4) is 0 Å². The van der Waals surface area contributed by atoms with Crippen LogP contribution in [0.15, 0.2) is 237 Å². The van der Waals surface area contributed by atoms with Gasteiger partial charge in [-0.1, -0.05) is 133 Å². The van der Waals surface area contributed by atoms with Gasteiger partial charge in [-0.15, -0.1) is 0 Å². The monoisotopic (exact) mass is 904 g/mol. The molecule has 10 aromatic carbocycles. The number of aromatic nitrogens is 4. The summed E-state index contributed by atoms with van der Waals surface area (Å²) in [6.07, 6.45) is 6.07. The summed E-state index contributed by atoms with van der Waals surface area (Å²) in [4.78, 5) is 0. The largest absolute Gasteiger partial charge is 0.313 e. The van der Waals surface area contributed by atoms with Gasteiger partial charge in [-0.25, -0.2) is 0 Å². The van der Waals surface area contributed by atoms with Gasteiger partial charge in [0.05, 0.1) is 38.6 Å². The van der Waals surface area contributed by atoms with E-state index in [0.717, 1.165) is 5.69 Å².